The number of hydrogen-bond acceptors (Lipinski definition) is 1. The van der Waals surface area contributed by atoms with Crippen LogP contribution in [0.25, 0.3) is 0 Å². The molecule has 0 aliphatic rings. The predicted molar refractivity (Wildman–Crippen MR) is 86.8 cm³/mol. The lowest BCUT2D eigenvalue weighted by molar-refractivity contribution is 0.193. The molecule has 0 atom stereocenters. The van der Waals surface area contributed by atoms with Gasteiger partial charge in [0.05, 0.1) is 19.0 Å². The number of hydrogen-bond donors (Lipinski definition) is 0. The molecule has 20 heavy (non-hydrogen) atoms. The van der Waals surface area contributed by atoms with E-state index in [0.29, 0.717) is 13.0 Å². The lowest BCUT2D eigenvalue weighted by Crippen LogP contribution is -1.95. The summed E-state index contributed by atoms with van der Waals surface area (Å²) in [6.45, 7) is 6.56. The summed E-state index contributed by atoms with van der Waals surface area (Å²) in [5, 5.41) is 0. The lowest BCUT2D eigenvalue weighted by Gasteiger charge is -2.08. The first-order valence-electron chi connectivity index (χ1n) is 8.67. The first kappa shape index (κ1) is 19.5. The highest BCUT2D eigenvalue weighted by Gasteiger charge is 1.97. The van der Waals surface area contributed by atoms with Gasteiger partial charge in [0.25, 0.3) is 0 Å². The van der Waals surface area contributed by atoms with Crippen molar-refractivity contribution in [1.82, 2.24) is 0 Å². The van der Waals surface area contributed by atoms with Gasteiger partial charge in [-0.1, -0.05) is 71.3 Å². The number of rotatable bonds is 16. The van der Waals surface area contributed by atoms with E-state index < -0.39 is 0 Å². The van der Waals surface area contributed by atoms with Crippen molar-refractivity contribution >= 4 is 0 Å². The van der Waals surface area contributed by atoms with Crippen molar-refractivity contribution in [3.63, 3.8) is 0 Å². The molecule has 0 spiro atoms. The predicted octanol–water partition coefficient (Wildman–Crippen LogP) is 6.58. The monoisotopic (exact) mass is 286 g/mol. The average molecular weight is 286 g/mol. The molecule has 0 aromatic heterocycles. The molecule has 0 aliphatic carbocycles. The Balaban J connectivity index is 3.09. The van der Waals surface area contributed by atoms with Gasteiger partial charge in [-0.05, 0) is 19.3 Å². The third-order valence-electron chi connectivity index (χ3n) is 3.64. The van der Waals surface area contributed by atoms with Gasteiger partial charge in [0, 0.05) is 6.42 Å². The Labute approximate surface area is 126 Å². The fraction of sp³-hybridized carbons (Fsp3) is 0.889. The highest BCUT2D eigenvalue weighted by molar-refractivity contribution is 4.81. The molecule has 0 fully saturated rings. The maximum absolute atomic E-state index is 11.9. The summed E-state index contributed by atoms with van der Waals surface area (Å²) in [4.78, 5) is 0. The minimum Gasteiger partial charge on any atom is -0.499 e. The molecule has 0 aliphatic heterocycles. The second-order valence-electron chi connectivity index (χ2n) is 5.72. The Hall–Kier alpha value is -0.530. The highest BCUT2D eigenvalue weighted by atomic mass is 19.1. The SMILES string of the molecule is C=C(CCCCCCCCCCCC)OCCCCF. The lowest BCUT2D eigenvalue weighted by atomic mass is 10.1. The second kappa shape index (κ2) is 16.5. The molecule has 0 amide bonds. The van der Waals surface area contributed by atoms with Gasteiger partial charge < -0.3 is 4.74 Å². The number of ether oxygens (including phenoxy) is 1. The smallest absolute Gasteiger partial charge is 0.0895 e. The van der Waals surface area contributed by atoms with Crippen molar-refractivity contribution in [2.24, 2.45) is 0 Å². The maximum Gasteiger partial charge on any atom is 0.0895 e. The van der Waals surface area contributed by atoms with Gasteiger partial charge in [-0.25, -0.2) is 0 Å². The molecule has 0 heterocycles. The van der Waals surface area contributed by atoms with E-state index in [1.807, 2.05) is 0 Å². The van der Waals surface area contributed by atoms with Crippen LogP contribution in [-0.4, -0.2) is 13.3 Å². The molecule has 0 saturated carbocycles. The van der Waals surface area contributed by atoms with Crippen LogP contribution in [0.1, 0.15) is 90.4 Å². The molecule has 0 saturated heterocycles. The molecule has 2 heteroatoms. The van der Waals surface area contributed by atoms with Crippen molar-refractivity contribution in [3.8, 4) is 0 Å². The Bertz CT molecular complexity index is 204. The van der Waals surface area contributed by atoms with Crippen molar-refractivity contribution in [2.45, 2.75) is 90.4 Å². The van der Waals surface area contributed by atoms with E-state index in [9.17, 15) is 4.39 Å². The summed E-state index contributed by atoms with van der Waals surface area (Å²) in [5.74, 6) is 0.878. The molecule has 0 aromatic carbocycles. The van der Waals surface area contributed by atoms with Crippen LogP contribution >= 0.6 is 0 Å². The number of allylic oxidation sites excluding steroid dienone is 1. The van der Waals surface area contributed by atoms with E-state index >= 15 is 0 Å². The van der Waals surface area contributed by atoms with E-state index in [-0.39, 0.29) is 6.67 Å². The topological polar surface area (TPSA) is 9.23 Å². The largest absolute Gasteiger partial charge is 0.499 e. The van der Waals surface area contributed by atoms with Crippen molar-refractivity contribution in [2.75, 3.05) is 13.3 Å². The molecule has 0 radical (unpaired) electrons. The van der Waals surface area contributed by atoms with E-state index in [2.05, 4.69) is 13.5 Å². The zero-order valence-corrected chi connectivity index (χ0v) is 13.6. The van der Waals surface area contributed by atoms with Crippen LogP contribution in [0.3, 0.4) is 0 Å². The van der Waals surface area contributed by atoms with Gasteiger partial charge in [-0.3, -0.25) is 4.39 Å². The Morgan fingerprint density at radius 1 is 0.800 bits per heavy atom. The van der Waals surface area contributed by atoms with E-state index in [0.717, 1.165) is 18.6 Å². The fourth-order valence-electron chi connectivity index (χ4n) is 2.29. The van der Waals surface area contributed by atoms with Crippen molar-refractivity contribution in [3.05, 3.63) is 12.3 Å². The van der Waals surface area contributed by atoms with Crippen LogP contribution in [-0.2, 0) is 4.74 Å². The van der Waals surface area contributed by atoms with Crippen LogP contribution in [0.5, 0.6) is 0 Å². The van der Waals surface area contributed by atoms with Gasteiger partial charge >= 0.3 is 0 Å². The zero-order chi connectivity index (χ0) is 14.9. The van der Waals surface area contributed by atoms with Crippen molar-refractivity contribution in [1.29, 1.82) is 0 Å². The first-order valence-corrected chi connectivity index (χ1v) is 8.67. The van der Waals surface area contributed by atoms with E-state index in [1.54, 1.807) is 0 Å². The third kappa shape index (κ3) is 15.5. The number of halogens is 1. The van der Waals surface area contributed by atoms with Crippen LogP contribution < -0.4 is 0 Å². The number of alkyl halides is 1. The molecule has 0 N–H and O–H groups in total. The Morgan fingerprint density at radius 3 is 1.90 bits per heavy atom. The average Bonchev–Trinajstić information content (AvgIpc) is 2.45. The summed E-state index contributed by atoms with van der Waals surface area (Å²) in [7, 11) is 0. The molecule has 0 bridgehead atoms. The van der Waals surface area contributed by atoms with Gasteiger partial charge in [0.1, 0.15) is 0 Å². The zero-order valence-electron chi connectivity index (χ0n) is 13.6. The first-order chi connectivity index (χ1) is 9.81. The summed E-state index contributed by atoms with van der Waals surface area (Å²) in [6.07, 6.45) is 15.9. The minimum atomic E-state index is -0.242. The van der Waals surface area contributed by atoms with Gasteiger partial charge in [-0.2, -0.15) is 0 Å². The van der Waals surface area contributed by atoms with Crippen LogP contribution in [0, 0.1) is 0 Å². The molecular weight excluding hydrogens is 251 g/mol. The molecule has 0 aromatic rings. The van der Waals surface area contributed by atoms with E-state index in [4.69, 9.17) is 4.74 Å². The van der Waals surface area contributed by atoms with Crippen molar-refractivity contribution < 1.29 is 9.13 Å². The van der Waals surface area contributed by atoms with Crippen LogP contribution in [0.4, 0.5) is 4.39 Å². The summed E-state index contributed by atoms with van der Waals surface area (Å²) < 4.78 is 17.3. The fourth-order valence-corrected chi connectivity index (χ4v) is 2.29. The van der Waals surface area contributed by atoms with Crippen LogP contribution in [0.15, 0.2) is 12.3 Å². The minimum absolute atomic E-state index is 0.242. The van der Waals surface area contributed by atoms with Gasteiger partial charge in [0.15, 0.2) is 0 Å². The Morgan fingerprint density at radius 2 is 1.35 bits per heavy atom. The Kier molecular flexibility index (Phi) is 16.1. The molecule has 120 valence electrons. The third-order valence-corrected chi connectivity index (χ3v) is 3.64. The molecular formula is C18H35FO. The molecule has 0 unspecified atom stereocenters. The standard InChI is InChI=1S/C18H35FO/c1-3-4-5-6-7-8-9-10-11-12-15-18(2)20-17-14-13-16-19/h2-17H2,1H3. The second-order valence-corrected chi connectivity index (χ2v) is 5.72. The van der Waals surface area contributed by atoms with Gasteiger partial charge in [0.2, 0.25) is 0 Å². The summed E-state index contributed by atoms with van der Waals surface area (Å²) in [5.41, 5.74) is 0. The summed E-state index contributed by atoms with van der Waals surface area (Å²) >= 11 is 0. The van der Waals surface area contributed by atoms with E-state index in [1.165, 1.54) is 64.2 Å². The molecule has 0 rings (SSSR count). The summed E-state index contributed by atoms with van der Waals surface area (Å²) in [6, 6.07) is 0. The quantitative estimate of drug-likeness (QED) is 0.230. The highest BCUT2D eigenvalue weighted by Crippen LogP contribution is 2.13. The van der Waals surface area contributed by atoms with Gasteiger partial charge in [-0.15, -0.1) is 0 Å². The molecule has 1 nitrogen and oxygen atoms in total. The normalized spacial score (nSPS) is 10.7. The maximum atomic E-state index is 11.9. The van der Waals surface area contributed by atoms with Crippen LogP contribution in [0.2, 0.25) is 0 Å². The number of unbranched alkanes of at least 4 members (excludes halogenated alkanes) is 10.